The molecule has 20 heteroatoms. The van der Waals surface area contributed by atoms with Gasteiger partial charge in [0.2, 0.25) is 5.79 Å². The third-order valence-electron chi connectivity index (χ3n) is 17.1. The number of nitrogens with zero attached hydrogens (tertiary/aromatic N) is 2. The molecule has 5 aliphatic heterocycles. The number of rotatable bonds is 18. The topological polar surface area (TPSA) is 237 Å². The van der Waals surface area contributed by atoms with Crippen LogP contribution in [0, 0.1) is 35.5 Å². The van der Waals surface area contributed by atoms with Crippen molar-refractivity contribution in [1.29, 1.82) is 0 Å². The van der Waals surface area contributed by atoms with Gasteiger partial charge in [-0.1, -0.05) is 83.5 Å². The Bertz CT molecular complexity index is 2290. The van der Waals surface area contributed by atoms with E-state index in [-0.39, 0.29) is 43.5 Å². The van der Waals surface area contributed by atoms with E-state index in [0.29, 0.717) is 31.4 Å². The predicted octanol–water partition coefficient (Wildman–Crippen LogP) is 6.07. The first-order chi connectivity index (χ1) is 38.7. The molecule has 20 nitrogen and oxygen atoms in total. The summed E-state index contributed by atoms with van der Waals surface area (Å²) in [7, 11) is 6.57. The predicted molar refractivity (Wildman–Crippen MR) is 302 cm³/mol. The van der Waals surface area contributed by atoms with Crippen molar-refractivity contribution in [3.63, 3.8) is 0 Å². The molecule has 0 aromatic heterocycles. The molecule has 1 aromatic carbocycles. The highest BCUT2D eigenvalue weighted by molar-refractivity contribution is 5.91. The van der Waals surface area contributed by atoms with Gasteiger partial charge in [0.15, 0.2) is 30.8 Å². The highest BCUT2D eigenvalue weighted by atomic mass is 16.8. The van der Waals surface area contributed by atoms with Crippen molar-refractivity contribution in [2.75, 3.05) is 48.0 Å². The van der Waals surface area contributed by atoms with Gasteiger partial charge in [-0.2, -0.15) is 0 Å². The van der Waals surface area contributed by atoms with E-state index in [9.17, 15) is 34.5 Å². The van der Waals surface area contributed by atoms with E-state index in [2.05, 4.69) is 23.1 Å². The zero-order valence-electron chi connectivity index (χ0n) is 51.3. The number of fused-ring (bicyclic) bond motifs is 1. The van der Waals surface area contributed by atoms with Crippen LogP contribution >= 0.6 is 0 Å². The number of carbonyl (C=O) groups is 4. The SMILES string of the molecule is CC[C@H]1OC(=O)C[C@@H](OC(C)=O)C(C)[C@@H](O[C@@H]2O[C@H](C)[C@@H](O[C@@H]3C[C@@H](C)[C@H](OC(=O)CC(C)C)[C@](C)(O)O3)[C@H](N(C)C)[C@H]2O)[C@@H](CCN2CCc3ccccc3C2)C[C@@H](C)C(=O)/C=C/C(C)=C/[C@@H]1CO[C@@H]1O[C@H](C)[C@@H](O)[C@@H](OC)[C@H]1OC. The van der Waals surface area contributed by atoms with Crippen LogP contribution in [-0.2, 0) is 84.2 Å². The second-order valence-electron chi connectivity index (χ2n) is 24.6. The standard InChI is InChI=1S/C62H98N2O18/c1-16-47-45(33-74-61-58(73-15)57(72-14)53(69)39(8)75-61)28-35(4)21-22-46(66)36(5)29-43(24-26-64-25-23-42-19-17-18-20-44(42)32-64)55(38(7)48(77-41(10)65)31-50(68)78-47)81-60-54(70)52(63(12)13)56(40(9)76-60)80-51-30-37(6)59(62(11,71)82-51)79-49(67)27-34(2)3/h17-22,28,34,36-40,43,45,47-48,51-61,69-71H,16,23-27,29-33H2,1-15H3/b22-21+,35-28+/t36-,37-,38?,39-,40-,43+,45-,47-,48-,51+,52-,53-,54-,55-,56-,57-,58-,59+,60+,61-,62-/m1/s1. The van der Waals surface area contributed by atoms with Gasteiger partial charge in [0.25, 0.3) is 0 Å². The summed E-state index contributed by atoms with van der Waals surface area (Å²) in [6, 6.07) is 7.63. The van der Waals surface area contributed by atoms with Gasteiger partial charge in [-0.05, 0) is 103 Å². The number of esters is 3. The molecule has 0 amide bonds. The Labute approximate surface area is 486 Å². The van der Waals surface area contributed by atoms with Crippen LogP contribution in [-0.4, -0.2) is 195 Å². The summed E-state index contributed by atoms with van der Waals surface area (Å²) in [6.07, 6.45) is -5.65. The van der Waals surface area contributed by atoms with Gasteiger partial charge in [0.05, 0.1) is 37.4 Å². The fourth-order valence-electron chi connectivity index (χ4n) is 12.6. The Morgan fingerprint density at radius 2 is 1.56 bits per heavy atom. The third kappa shape index (κ3) is 17.7. The molecule has 1 unspecified atom stereocenters. The number of methoxy groups -OCH3 is 2. The van der Waals surface area contributed by atoms with Crippen LogP contribution in [0.5, 0.6) is 0 Å². The average molecular weight is 1160 g/mol. The maximum atomic E-state index is 14.6. The van der Waals surface area contributed by atoms with Crippen molar-refractivity contribution in [3.05, 3.63) is 59.2 Å². The number of likely N-dealkylation sites (N-methyl/N-ethyl adjacent to an activating group) is 1. The molecular formula is C62H98N2O18. The maximum absolute atomic E-state index is 14.6. The molecule has 5 heterocycles. The first-order valence-electron chi connectivity index (χ1n) is 29.7. The Morgan fingerprint density at radius 1 is 0.878 bits per heavy atom. The molecule has 3 saturated heterocycles. The normalized spacial score (nSPS) is 39.4. The van der Waals surface area contributed by atoms with E-state index in [1.807, 2.05) is 65.5 Å². The first-order valence-corrected chi connectivity index (χ1v) is 29.7. The molecule has 1 aromatic rings. The molecule has 0 saturated carbocycles. The number of carbonyl (C=O) groups excluding carboxylic acids is 4. The van der Waals surface area contributed by atoms with Crippen molar-refractivity contribution >= 4 is 23.7 Å². The average Bonchev–Trinajstić information content (AvgIpc) is 3.42. The second kappa shape index (κ2) is 30.6. The Morgan fingerprint density at radius 3 is 2.20 bits per heavy atom. The summed E-state index contributed by atoms with van der Waals surface area (Å²) in [4.78, 5) is 59.2. The minimum atomic E-state index is -1.89. The number of aliphatic hydroxyl groups is 3. The van der Waals surface area contributed by atoms with Crippen molar-refractivity contribution in [2.45, 2.75) is 225 Å². The van der Waals surface area contributed by atoms with Gasteiger partial charge in [-0.15, -0.1) is 0 Å². The van der Waals surface area contributed by atoms with Crippen LogP contribution in [0.25, 0.3) is 0 Å². The first kappa shape index (κ1) is 67.4. The fourth-order valence-corrected chi connectivity index (χ4v) is 12.6. The fraction of sp³-hybridized carbons (Fsp3) is 0.774. The molecule has 0 aliphatic carbocycles. The summed E-state index contributed by atoms with van der Waals surface area (Å²) in [5.74, 6) is -6.32. The Hall–Kier alpha value is -3.74. The van der Waals surface area contributed by atoms with Crippen LogP contribution < -0.4 is 0 Å². The van der Waals surface area contributed by atoms with Gasteiger partial charge < -0.3 is 72.3 Å². The summed E-state index contributed by atoms with van der Waals surface area (Å²) in [5.41, 5.74) is 3.27. The zero-order valence-corrected chi connectivity index (χ0v) is 51.3. The smallest absolute Gasteiger partial charge is 0.309 e. The number of benzene rings is 1. The number of aliphatic hydroxyl groups excluding tert-OH is 2. The summed E-state index contributed by atoms with van der Waals surface area (Å²) >= 11 is 0. The molecule has 3 N–H and O–H groups in total. The number of ketones is 1. The number of cyclic esters (lactones) is 1. The lowest BCUT2D eigenvalue weighted by atomic mass is 9.79. The van der Waals surface area contributed by atoms with E-state index in [1.165, 1.54) is 39.2 Å². The lowest BCUT2D eigenvalue weighted by Gasteiger charge is -2.50. The number of ether oxygens (including phenoxy) is 11. The van der Waals surface area contributed by atoms with Crippen LogP contribution in [0.2, 0.25) is 0 Å². The molecule has 6 rings (SSSR count). The van der Waals surface area contributed by atoms with Gasteiger partial charge in [0.1, 0.15) is 42.7 Å². The lowest BCUT2D eigenvalue weighted by molar-refractivity contribution is -0.378. The highest BCUT2D eigenvalue weighted by Crippen LogP contribution is 2.40. The molecule has 0 bridgehead atoms. The van der Waals surface area contributed by atoms with Crippen molar-refractivity contribution in [2.24, 2.45) is 35.5 Å². The number of allylic oxidation sites excluding steroid dienone is 3. The molecule has 3 fully saturated rings. The van der Waals surface area contributed by atoms with Crippen LogP contribution in [0.15, 0.2) is 48.1 Å². The monoisotopic (exact) mass is 1160 g/mol. The lowest BCUT2D eigenvalue weighted by Crippen LogP contribution is -2.65. The van der Waals surface area contributed by atoms with Crippen LogP contribution in [0.3, 0.4) is 0 Å². The van der Waals surface area contributed by atoms with Crippen LogP contribution in [0.1, 0.15) is 126 Å². The van der Waals surface area contributed by atoms with E-state index in [4.69, 9.17) is 52.1 Å². The summed E-state index contributed by atoms with van der Waals surface area (Å²) < 4.78 is 68.7. The maximum Gasteiger partial charge on any atom is 0.309 e. The molecule has 464 valence electrons. The molecule has 21 atom stereocenters. The number of hydrogen-bond acceptors (Lipinski definition) is 20. The summed E-state index contributed by atoms with van der Waals surface area (Å²) in [5, 5.41) is 35.0. The van der Waals surface area contributed by atoms with Gasteiger partial charge in [0, 0.05) is 70.7 Å². The van der Waals surface area contributed by atoms with Crippen molar-refractivity contribution in [3.8, 4) is 0 Å². The van der Waals surface area contributed by atoms with Gasteiger partial charge in [-0.3, -0.25) is 24.1 Å². The van der Waals surface area contributed by atoms with E-state index in [0.717, 1.165) is 19.5 Å². The van der Waals surface area contributed by atoms with E-state index < -0.39 is 139 Å². The third-order valence-corrected chi connectivity index (χ3v) is 17.1. The zero-order chi connectivity index (χ0) is 60.3. The van der Waals surface area contributed by atoms with Crippen LogP contribution in [0.4, 0.5) is 0 Å². The van der Waals surface area contributed by atoms with Gasteiger partial charge >= 0.3 is 17.9 Å². The molecule has 0 spiro atoms. The van der Waals surface area contributed by atoms with E-state index >= 15 is 0 Å². The largest absolute Gasteiger partial charge is 0.462 e. The Kier molecular flexibility index (Phi) is 25.1. The highest BCUT2D eigenvalue weighted by Gasteiger charge is 2.53. The van der Waals surface area contributed by atoms with Crippen molar-refractivity contribution < 1.29 is 86.6 Å². The molecule has 5 aliphatic rings. The minimum Gasteiger partial charge on any atom is -0.462 e. The van der Waals surface area contributed by atoms with Gasteiger partial charge in [-0.25, -0.2) is 0 Å². The quantitative estimate of drug-likeness (QED) is 0.112. The van der Waals surface area contributed by atoms with Crippen molar-refractivity contribution in [1.82, 2.24) is 9.80 Å². The Balaban J connectivity index is 1.33. The summed E-state index contributed by atoms with van der Waals surface area (Å²) in [6.45, 7) is 21.6. The minimum absolute atomic E-state index is 0.0131. The van der Waals surface area contributed by atoms with E-state index in [1.54, 1.807) is 40.1 Å². The molecule has 0 radical (unpaired) electrons. The molecular weight excluding hydrogens is 1060 g/mol. The molecule has 82 heavy (non-hydrogen) atoms. The number of hydrogen-bond donors (Lipinski definition) is 3. The second-order valence-corrected chi connectivity index (χ2v) is 24.6.